The SMILES string of the molecule is C[C@H](NC(=O)COCc1nc2ccccc2s1)c1ccco1. The van der Waals surface area contributed by atoms with Crippen molar-refractivity contribution in [2.24, 2.45) is 0 Å². The van der Waals surface area contributed by atoms with Crippen LogP contribution in [-0.2, 0) is 16.1 Å². The van der Waals surface area contributed by atoms with Crippen molar-refractivity contribution in [2.45, 2.75) is 19.6 Å². The van der Waals surface area contributed by atoms with Crippen molar-refractivity contribution in [3.63, 3.8) is 0 Å². The van der Waals surface area contributed by atoms with Crippen LogP contribution in [0.3, 0.4) is 0 Å². The van der Waals surface area contributed by atoms with Gasteiger partial charge in [0, 0.05) is 0 Å². The number of benzene rings is 1. The highest BCUT2D eigenvalue weighted by molar-refractivity contribution is 7.18. The van der Waals surface area contributed by atoms with Crippen molar-refractivity contribution >= 4 is 27.5 Å². The molecule has 1 atom stereocenters. The van der Waals surface area contributed by atoms with Crippen LogP contribution in [0.2, 0.25) is 0 Å². The molecule has 2 heterocycles. The number of furan rings is 1. The number of thiazole rings is 1. The second-order valence-corrected chi connectivity index (χ2v) is 5.99. The van der Waals surface area contributed by atoms with Crippen molar-refractivity contribution in [1.82, 2.24) is 10.3 Å². The molecule has 22 heavy (non-hydrogen) atoms. The zero-order valence-electron chi connectivity index (χ0n) is 12.1. The van der Waals surface area contributed by atoms with Gasteiger partial charge in [-0.3, -0.25) is 4.79 Å². The van der Waals surface area contributed by atoms with Crippen LogP contribution >= 0.6 is 11.3 Å². The van der Waals surface area contributed by atoms with E-state index in [-0.39, 0.29) is 18.6 Å². The molecule has 3 aromatic rings. The average Bonchev–Trinajstić information content (AvgIpc) is 3.16. The minimum absolute atomic E-state index is 0.000966. The largest absolute Gasteiger partial charge is 0.467 e. The third-order valence-corrected chi connectivity index (χ3v) is 4.15. The lowest BCUT2D eigenvalue weighted by molar-refractivity contribution is -0.126. The van der Waals surface area contributed by atoms with Crippen LogP contribution in [0.5, 0.6) is 0 Å². The van der Waals surface area contributed by atoms with E-state index >= 15 is 0 Å². The third-order valence-electron chi connectivity index (χ3n) is 3.14. The van der Waals surface area contributed by atoms with E-state index in [0.29, 0.717) is 6.61 Å². The first-order valence-electron chi connectivity index (χ1n) is 6.97. The van der Waals surface area contributed by atoms with Crippen LogP contribution in [0.4, 0.5) is 0 Å². The number of nitrogens with zero attached hydrogens (tertiary/aromatic N) is 1. The maximum absolute atomic E-state index is 11.8. The number of aromatic nitrogens is 1. The van der Waals surface area contributed by atoms with Gasteiger partial charge in [-0.25, -0.2) is 4.98 Å². The first kappa shape index (κ1) is 14.7. The number of carbonyl (C=O) groups excluding carboxylic acids is 1. The van der Waals surface area contributed by atoms with E-state index < -0.39 is 0 Å². The zero-order valence-corrected chi connectivity index (χ0v) is 12.9. The molecule has 114 valence electrons. The molecule has 0 fully saturated rings. The highest BCUT2D eigenvalue weighted by Crippen LogP contribution is 2.21. The Balaban J connectivity index is 1.47. The van der Waals surface area contributed by atoms with Crippen LogP contribution in [-0.4, -0.2) is 17.5 Å². The second kappa shape index (κ2) is 6.72. The fourth-order valence-electron chi connectivity index (χ4n) is 2.10. The van der Waals surface area contributed by atoms with Gasteiger partial charge in [0.15, 0.2) is 0 Å². The Morgan fingerprint density at radius 3 is 3.00 bits per heavy atom. The van der Waals surface area contributed by atoms with Crippen molar-refractivity contribution < 1.29 is 13.9 Å². The lowest BCUT2D eigenvalue weighted by Crippen LogP contribution is -2.29. The Labute approximate surface area is 131 Å². The van der Waals surface area contributed by atoms with E-state index in [1.54, 1.807) is 23.7 Å². The maximum Gasteiger partial charge on any atom is 0.246 e. The van der Waals surface area contributed by atoms with Crippen molar-refractivity contribution in [2.75, 3.05) is 6.61 Å². The van der Waals surface area contributed by atoms with E-state index in [1.165, 1.54) is 0 Å². The summed E-state index contributed by atoms with van der Waals surface area (Å²) in [6.07, 6.45) is 1.58. The smallest absolute Gasteiger partial charge is 0.246 e. The van der Waals surface area contributed by atoms with Gasteiger partial charge in [-0.1, -0.05) is 12.1 Å². The number of fused-ring (bicyclic) bond motifs is 1. The number of hydrogen-bond donors (Lipinski definition) is 1. The predicted molar refractivity (Wildman–Crippen MR) is 84.5 cm³/mol. The van der Waals surface area contributed by atoms with Crippen LogP contribution in [0.1, 0.15) is 23.7 Å². The van der Waals surface area contributed by atoms with Crippen molar-refractivity contribution in [3.05, 3.63) is 53.4 Å². The van der Waals surface area contributed by atoms with Gasteiger partial charge < -0.3 is 14.5 Å². The number of carbonyl (C=O) groups is 1. The summed E-state index contributed by atoms with van der Waals surface area (Å²) in [5.74, 6) is 0.546. The molecule has 0 unspecified atom stereocenters. The molecule has 0 aliphatic carbocycles. The van der Waals surface area contributed by atoms with Gasteiger partial charge in [0.2, 0.25) is 5.91 Å². The van der Waals surface area contributed by atoms with Gasteiger partial charge in [0.1, 0.15) is 17.4 Å². The molecule has 1 aromatic carbocycles. The predicted octanol–water partition coefficient (Wildman–Crippen LogP) is 3.28. The van der Waals surface area contributed by atoms with E-state index in [0.717, 1.165) is 21.0 Å². The fourth-order valence-corrected chi connectivity index (χ4v) is 3.01. The van der Waals surface area contributed by atoms with Gasteiger partial charge >= 0.3 is 0 Å². The molecule has 3 rings (SSSR count). The number of hydrogen-bond acceptors (Lipinski definition) is 5. The van der Waals surface area contributed by atoms with E-state index in [2.05, 4.69) is 10.3 Å². The summed E-state index contributed by atoms with van der Waals surface area (Å²) in [7, 11) is 0. The Morgan fingerprint density at radius 1 is 1.36 bits per heavy atom. The van der Waals surface area contributed by atoms with Gasteiger partial charge in [-0.15, -0.1) is 11.3 Å². The van der Waals surface area contributed by atoms with Crippen LogP contribution in [0.25, 0.3) is 10.2 Å². The van der Waals surface area contributed by atoms with Gasteiger partial charge in [-0.05, 0) is 31.2 Å². The fraction of sp³-hybridized carbons (Fsp3) is 0.250. The summed E-state index contributed by atoms with van der Waals surface area (Å²) in [4.78, 5) is 16.3. The molecule has 6 heteroatoms. The summed E-state index contributed by atoms with van der Waals surface area (Å²) < 4.78 is 11.8. The molecule has 0 saturated heterocycles. The summed E-state index contributed by atoms with van der Waals surface area (Å²) in [6, 6.07) is 11.4. The minimum Gasteiger partial charge on any atom is -0.467 e. The molecule has 0 saturated carbocycles. The first-order chi connectivity index (χ1) is 10.7. The quantitative estimate of drug-likeness (QED) is 0.758. The summed E-state index contributed by atoms with van der Waals surface area (Å²) in [5.41, 5.74) is 0.960. The summed E-state index contributed by atoms with van der Waals surface area (Å²) in [6.45, 7) is 2.20. The van der Waals surface area contributed by atoms with Crippen molar-refractivity contribution in [3.8, 4) is 0 Å². The molecule has 1 amide bonds. The number of rotatable bonds is 6. The lowest BCUT2D eigenvalue weighted by Gasteiger charge is -2.11. The standard InChI is InChI=1S/C16H16N2O3S/c1-11(13-6-4-8-21-13)17-15(19)9-20-10-16-18-12-5-2-3-7-14(12)22-16/h2-8,11H,9-10H2,1H3,(H,17,19)/t11-/m0/s1. The molecule has 1 N–H and O–H groups in total. The molecule has 0 aliphatic heterocycles. The zero-order chi connectivity index (χ0) is 15.4. The lowest BCUT2D eigenvalue weighted by atomic mass is 10.2. The average molecular weight is 316 g/mol. The molecule has 2 aromatic heterocycles. The second-order valence-electron chi connectivity index (χ2n) is 4.87. The maximum atomic E-state index is 11.8. The Hall–Kier alpha value is -2.18. The van der Waals surface area contributed by atoms with Gasteiger partial charge in [0.05, 0.1) is 29.1 Å². The normalized spacial score (nSPS) is 12.4. The third kappa shape index (κ3) is 3.52. The monoisotopic (exact) mass is 316 g/mol. The van der Waals surface area contributed by atoms with Gasteiger partial charge in [0.25, 0.3) is 0 Å². The van der Waals surface area contributed by atoms with E-state index in [4.69, 9.17) is 9.15 Å². The Morgan fingerprint density at radius 2 is 2.23 bits per heavy atom. The summed E-state index contributed by atoms with van der Waals surface area (Å²) in [5, 5.41) is 3.69. The van der Waals surface area contributed by atoms with Crippen LogP contribution in [0, 0.1) is 0 Å². The first-order valence-corrected chi connectivity index (χ1v) is 7.79. The molecule has 0 radical (unpaired) electrons. The van der Waals surface area contributed by atoms with Crippen molar-refractivity contribution in [1.29, 1.82) is 0 Å². The highest BCUT2D eigenvalue weighted by atomic mass is 32.1. The number of amides is 1. The van der Waals surface area contributed by atoms with E-state index in [1.807, 2.05) is 37.3 Å². The Kier molecular flexibility index (Phi) is 4.50. The van der Waals surface area contributed by atoms with Crippen LogP contribution in [0.15, 0.2) is 47.1 Å². The summed E-state index contributed by atoms with van der Waals surface area (Å²) >= 11 is 1.58. The molecule has 5 nitrogen and oxygen atoms in total. The molecular weight excluding hydrogens is 300 g/mol. The molecule has 0 aliphatic rings. The number of nitrogens with one attached hydrogen (secondary N) is 1. The molecular formula is C16H16N2O3S. The van der Waals surface area contributed by atoms with E-state index in [9.17, 15) is 4.79 Å². The minimum atomic E-state index is -0.176. The molecule has 0 spiro atoms. The van der Waals surface area contributed by atoms with Gasteiger partial charge in [-0.2, -0.15) is 0 Å². The number of ether oxygens (including phenoxy) is 1. The highest BCUT2D eigenvalue weighted by Gasteiger charge is 2.12. The Bertz CT molecular complexity index is 719. The van der Waals surface area contributed by atoms with Crippen LogP contribution < -0.4 is 5.32 Å². The topological polar surface area (TPSA) is 64.4 Å². The molecule has 0 bridgehead atoms. The number of para-hydroxylation sites is 1.